The van der Waals surface area contributed by atoms with E-state index in [0.717, 1.165) is 6.07 Å². The Morgan fingerprint density at radius 1 is 1.24 bits per heavy atom. The third kappa shape index (κ3) is 3.55. The molecule has 1 aromatic heterocycles. The highest BCUT2D eigenvalue weighted by Crippen LogP contribution is 2.22. The summed E-state index contributed by atoms with van der Waals surface area (Å²) in [5.41, 5.74) is 4.07. The maximum Gasteiger partial charge on any atom is 0.271 e. The number of aromatic nitrogens is 2. The zero-order valence-electron chi connectivity index (χ0n) is 13.3. The first-order valence-electron chi connectivity index (χ1n) is 7.49. The minimum atomic E-state index is -0.552. The molecule has 0 aliphatic heterocycles. The van der Waals surface area contributed by atoms with Crippen molar-refractivity contribution < 1.29 is 14.3 Å². The topological polar surface area (TPSA) is 79.5 Å². The molecule has 126 valence electrons. The number of carbonyl (C=O) groups is 1. The van der Waals surface area contributed by atoms with Crippen LogP contribution < -0.4 is 5.43 Å². The highest BCUT2D eigenvalue weighted by Gasteiger charge is 2.14. The standard InChI is InChI=1S/C18H15FN4O2/c1-12-16(18(25)23(22-12)15-8-3-2-4-9-15)11-20-21-17(24)13-6-5-7-14(19)10-13/h2-11,25H,1H3,(H,21,24)/b20-11+. The Morgan fingerprint density at radius 3 is 2.72 bits per heavy atom. The highest BCUT2D eigenvalue weighted by atomic mass is 19.1. The van der Waals surface area contributed by atoms with Gasteiger partial charge in [-0.2, -0.15) is 10.2 Å². The summed E-state index contributed by atoms with van der Waals surface area (Å²) < 4.78 is 14.5. The second-order valence-electron chi connectivity index (χ2n) is 5.28. The zero-order chi connectivity index (χ0) is 17.8. The molecule has 1 heterocycles. The third-order valence-corrected chi connectivity index (χ3v) is 3.53. The summed E-state index contributed by atoms with van der Waals surface area (Å²) in [6.45, 7) is 1.72. The molecule has 2 aromatic carbocycles. The predicted octanol–water partition coefficient (Wildman–Crippen LogP) is 2.79. The van der Waals surface area contributed by atoms with E-state index in [1.54, 1.807) is 19.1 Å². The lowest BCUT2D eigenvalue weighted by atomic mass is 10.2. The maximum atomic E-state index is 13.1. The van der Waals surface area contributed by atoms with Crippen molar-refractivity contribution in [1.82, 2.24) is 15.2 Å². The van der Waals surface area contributed by atoms with E-state index in [1.807, 2.05) is 18.2 Å². The largest absolute Gasteiger partial charge is 0.493 e. The van der Waals surface area contributed by atoms with E-state index in [2.05, 4.69) is 15.6 Å². The summed E-state index contributed by atoms with van der Waals surface area (Å²) in [5, 5.41) is 18.4. The van der Waals surface area contributed by atoms with E-state index in [-0.39, 0.29) is 11.4 Å². The van der Waals surface area contributed by atoms with Gasteiger partial charge in [0.25, 0.3) is 5.91 Å². The highest BCUT2D eigenvalue weighted by molar-refractivity contribution is 5.95. The minimum absolute atomic E-state index is 0.0903. The fraction of sp³-hybridized carbons (Fsp3) is 0.0556. The summed E-state index contributed by atoms with van der Waals surface area (Å²) in [6, 6.07) is 14.4. The molecule has 0 bridgehead atoms. The van der Waals surface area contributed by atoms with E-state index in [4.69, 9.17) is 0 Å². The molecule has 0 aliphatic carbocycles. The van der Waals surface area contributed by atoms with Crippen molar-refractivity contribution in [3.05, 3.63) is 77.2 Å². The summed E-state index contributed by atoms with van der Waals surface area (Å²) in [5.74, 6) is -1.15. The second-order valence-corrected chi connectivity index (χ2v) is 5.28. The number of amides is 1. The number of nitrogens with one attached hydrogen (secondary N) is 1. The van der Waals surface area contributed by atoms with E-state index >= 15 is 0 Å². The molecule has 0 atom stereocenters. The zero-order valence-corrected chi connectivity index (χ0v) is 13.3. The molecule has 0 radical (unpaired) electrons. The van der Waals surface area contributed by atoms with Crippen LogP contribution in [0, 0.1) is 12.7 Å². The van der Waals surface area contributed by atoms with Crippen molar-refractivity contribution in [3.63, 3.8) is 0 Å². The molecular weight excluding hydrogens is 323 g/mol. The molecule has 3 aromatic rings. The number of rotatable bonds is 4. The number of para-hydroxylation sites is 1. The van der Waals surface area contributed by atoms with Gasteiger partial charge in [0.15, 0.2) is 0 Å². The Kier molecular flexibility index (Phi) is 4.56. The molecule has 0 unspecified atom stereocenters. The van der Waals surface area contributed by atoms with Gasteiger partial charge in [-0.05, 0) is 37.3 Å². The van der Waals surface area contributed by atoms with Crippen LogP contribution in [0.5, 0.6) is 5.88 Å². The van der Waals surface area contributed by atoms with Gasteiger partial charge in [-0.15, -0.1) is 0 Å². The van der Waals surface area contributed by atoms with Crippen LogP contribution in [0.4, 0.5) is 4.39 Å². The molecule has 0 saturated carbocycles. The van der Waals surface area contributed by atoms with Gasteiger partial charge in [0.05, 0.1) is 23.2 Å². The van der Waals surface area contributed by atoms with E-state index in [1.165, 1.54) is 29.1 Å². The fourth-order valence-electron chi connectivity index (χ4n) is 2.28. The van der Waals surface area contributed by atoms with Gasteiger partial charge in [0.1, 0.15) is 5.82 Å². The number of carbonyl (C=O) groups excluding carboxylic acids is 1. The Labute approximate surface area is 143 Å². The first kappa shape index (κ1) is 16.4. The number of nitrogens with zero attached hydrogens (tertiary/aromatic N) is 3. The van der Waals surface area contributed by atoms with Crippen molar-refractivity contribution in [3.8, 4) is 11.6 Å². The van der Waals surface area contributed by atoms with E-state index in [9.17, 15) is 14.3 Å². The first-order valence-corrected chi connectivity index (χ1v) is 7.49. The molecule has 1 amide bonds. The van der Waals surface area contributed by atoms with E-state index < -0.39 is 11.7 Å². The van der Waals surface area contributed by atoms with Gasteiger partial charge in [0, 0.05) is 5.56 Å². The number of hydrogen-bond acceptors (Lipinski definition) is 4. The minimum Gasteiger partial charge on any atom is -0.493 e. The molecule has 0 saturated heterocycles. The number of aryl methyl sites for hydroxylation is 1. The Morgan fingerprint density at radius 2 is 2.00 bits per heavy atom. The van der Waals surface area contributed by atoms with Crippen molar-refractivity contribution in [2.45, 2.75) is 6.92 Å². The van der Waals surface area contributed by atoms with Crippen molar-refractivity contribution in [2.24, 2.45) is 5.10 Å². The number of hydrogen-bond donors (Lipinski definition) is 2. The Bertz CT molecular complexity index is 936. The van der Waals surface area contributed by atoms with Gasteiger partial charge in [-0.3, -0.25) is 4.79 Å². The lowest BCUT2D eigenvalue weighted by Crippen LogP contribution is -2.17. The molecule has 25 heavy (non-hydrogen) atoms. The van der Waals surface area contributed by atoms with Crippen molar-refractivity contribution >= 4 is 12.1 Å². The molecule has 3 rings (SSSR count). The average Bonchev–Trinajstić information content (AvgIpc) is 2.90. The number of aromatic hydroxyl groups is 1. The fourth-order valence-corrected chi connectivity index (χ4v) is 2.28. The molecule has 2 N–H and O–H groups in total. The molecule has 0 spiro atoms. The summed E-state index contributed by atoms with van der Waals surface area (Å²) in [6.07, 6.45) is 1.30. The molecule has 6 nitrogen and oxygen atoms in total. The SMILES string of the molecule is Cc1nn(-c2ccccc2)c(O)c1/C=N/NC(=O)c1cccc(F)c1. The normalized spacial score (nSPS) is 11.0. The average molecular weight is 338 g/mol. The van der Waals surface area contributed by atoms with Crippen LogP contribution in [-0.2, 0) is 0 Å². The quantitative estimate of drug-likeness (QED) is 0.567. The van der Waals surface area contributed by atoms with Crippen LogP contribution in [0.2, 0.25) is 0 Å². The van der Waals surface area contributed by atoms with Crippen molar-refractivity contribution in [1.29, 1.82) is 0 Å². The van der Waals surface area contributed by atoms with Crippen LogP contribution in [0.3, 0.4) is 0 Å². The van der Waals surface area contributed by atoms with Crippen LogP contribution in [-0.4, -0.2) is 27.0 Å². The molecule has 0 aliphatic rings. The number of hydrazone groups is 1. The van der Waals surface area contributed by atoms with Crippen molar-refractivity contribution in [2.75, 3.05) is 0 Å². The number of halogens is 1. The second kappa shape index (κ2) is 6.96. The van der Waals surface area contributed by atoms with Gasteiger partial charge in [-0.25, -0.2) is 14.5 Å². The Hall–Kier alpha value is -3.48. The summed E-state index contributed by atoms with van der Waals surface area (Å²) >= 11 is 0. The smallest absolute Gasteiger partial charge is 0.271 e. The number of benzene rings is 2. The maximum absolute atomic E-state index is 13.1. The molecular formula is C18H15FN4O2. The summed E-state index contributed by atoms with van der Waals surface area (Å²) in [7, 11) is 0. The van der Waals surface area contributed by atoms with Gasteiger partial charge < -0.3 is 5.11 Å². The van der Waals surface area contributed by atoms with Gasteiger partial charge >= 0.3 is 0 Å². The van der Waals surface area contributed by atoms with Crippen LogP contribution >= 0.6 is 0 Å². The molecule has 7 heteroatoms. The van der Waals surface area contributed by atoms with Crippen LogP contribution in [0.25, 0.3) is 5.69 Å². The van der Waals surface area contributed by atoms with Crippen LogP contribution in [0.15, 0.2) is 59.7 Å². The molecule has 0 fully saturated rings. The Balaban J connectivity index is 1.78. The lowest BCUT2D eigenvalue weighted by molar-refractivity contribution is 0.0954. The monoisotopic (exact) mass is 338 g/mol. The lowest BCUT2D eigenvalue weighted by Gasteiger charge is -2.02. The van der Waals surface area contributed by atoms with Crippen LogP contribution in [0.1, 0.15) is 21.6 Å². The first-order chi connectivity index (χ1) is 12.1. The predicted molar refractivity (Wildman–Crippen MR) is 91.4 cm³/mol. The van der Waals surface area contributed by atoms with Gasteiger partial charge in [-0.1, -0.05) is 24.3 Å². The van der Waals surface area contributed by atoms with Gasteiger partial charge in [0.2, 0.25) is 5.88 Å². The summed E-state index contributed by atoms with van der Waals surface area (Å²) in [4.78, 5) is 11.9. The van der Waals surface area contributed by atoms with E-state index in [0.29, 0.717) is 16.9 Å². The third-order valence-electron chi connectivity index (χ3n) is 3.53.